The van der Waals surface area contributed by atoms with Crippen LogP contribution in [0.2, 0.25) is 0 Å². The van der Waals surface area contributed by atoms with Crippen molar-refractivity contribution in [1.29, 1.82) is 0 Å². The van der Waals surface area contributed by atoms with E-state index in [1.807, 2.05) is 26.8 Å². The maximum absolute atomic E-state index is 13.6. The van der Waals surface area contributed by atoms with Crippen LogP contribution in [0.3, 0.4) is 0 Å². The van der Waals surface area contributed by atoms with Gasteiger partial charge in [0.1, 0.15) is 0 Å². The zero-order valence-electron chi connectivity index (χ0n) is 15.5. The number of sulfonamides is 1. The molecule has 0 radical (unpaired) electrons. The molecule has 5 nitrogen and oxygen atoms in total. The van der Waals surface area contributed by atoms with Crippen LogP contribution in [-0.2, 0) is 19.8 Å². The van der Waals surface area contributed by atoms with Gasteiger partial charge in [0.05, 0.1) is 20.4 Å². The van der Waals surface area contributed by atoms with E-state index < -0.39 is 19.8 Å². The number of rotatable bonds is 8. The molecule has 2 rings (SSSR count). The van der Waals surface area contributed by atoms with E-state index in [-0.39, 0.29) is 10.6 Å². The Morgan fingerprint density at radius 3 is 1.96 bits per heavy atom. The fourth-order valence-electron chi connectivity index (χ4n) is 2.54. The van der Waals surface area contributed by atoms with E-state index in [1.165, 1.54) is 12.1 Å². The Hall–Kier alpha value is -1.70. The molecule has 0 fully saturated rings. The average Bonchev–Trinajstić information content (AvgIpc) is 2.63. The second-order valence-electron chi connectivity index (χ2n) is 6.05. The van der Waals surface area contributed by atoms with Gasteiger partial charge in [0.25, 0.3) is 10.0 Å². The molecule has 0 aliphatic heterocycles. The second kappa shape index (κ2) is 8.79. The first kappa shape index (κ1) is 20.6. The van der Waals surface area contributed by atoms with Gasteiger partial charge in [-0.1, -0.05) is 49.7 Å². The molecule has 0 aliphatic rings. The van der Waals surface area contributed by atoms with Gasteiger partial charge in [0.15, 0.2) is 0 Å². The highest BCUT2D eigenvalue weighted by molar-refractivity contribution is 8.03. The van der Waals surface area contributed by atoms with Crippen molar-refractivity contribution in [2.75, 3.05) is 25.4 Å². The lowest BCUT2D eigenvalue weighted by molar-refractivity contribution is 0.322. The van der Waals surface area contributed by atoms with Crippen LogP contribution < -0.4 is 0 Å². The molecule has 142 valence electrons. The molecule has 0 heterocycles. The Morgan fingerprint density at radius 1 is 0.846 bits per heavy atom. The molecule has 7 heteroatoms. The first-order valence-electron chi connectivity index (χ1n) is 8.66. The average molecular weight is 395 g/mol. The monoisotopic (exact) mass is 394 g/mol. The van der Waals surface area contributed by atoms with Crippen LogP contribution in [0.15, 0.2) is 68.2 Å². The van der Waals surface area contributed by atoms with Crippen LogP contribution >= 0.6 is 0 Å². The number of aryl methyl sites for hydroxylation is 1. The first-order chi connectivity index (χ1) is 12.3. The number of hydrogen-bond acceptors (Lipinski definition) is 4. The molecule has 0 N–H and O–H groups in total. The van der Waals surface area contributed by atoms with Crippen molar-refractivity contribution in [3.8, 4) is 0 Å². The third-order valence-corrected chi connectivity index (χ3v) is 8.59. The molecule has 0 aromatic heterocycles. The zero-order chi connectivity index (χ0) is 19.2. The highest BCUT2D eigenvalue weighted by Crippen LogP contribution is 2.21. The lowest BCUT2D eigenvalue weighted by atomic mass is 10.2. The van der Waals surface area contributed by atoms with E-state index in [0.29, 0.717) is 11.4 Å². The van der Waals surface area contributed by atoms with Gasteiger partial charge in [-0.05, 0) is 44.3 Å². The zero-order valence-corrected chi connectivity index (χ0v) is 17.1. The van der Waals surface area contributed by atoms with Gasteiger partial charge in [-0.15, -0.1) is 3.77 Å². The molecule has 1 atom stereocenters. The molecule has 0 saturated carbocycles. The topological polar surface area (TPSA) is 66.8 Å². The van der Waals surface area contributed by atoms with Crippen molar-refractivity contribution in [1.82, 2.24) is 4.90 Å². The predicted octanol–water partition coefficient (Wildman–Crippen LogP) is 3.55. The van der Waals surface area contributed by atoms with Crippen molar-refractivity contribution >= 4 is 19.8 Å². The van der Waals surface area contributed by atoms with Gasteiger partial charge in [-0.2, -0.15) is 8.42 Å². The molecule has 2 aromatic rings. The maximum Gasteiger partial charge on any atom is 0.290 e. The smallest absolute Gasteiger partial charge is 0.290 e. The number of hydrogen-bond donors (Lipinski definition) is 0. The van der Waals surface area contributed by atoms with Gasteiger partial charge < -0.3 is 4.90 Å². The summed E-state index contributed by atoms with van der Waals surface area (Å²) in [5.74, 6) is 0.170. The number of nitrogens with zero attached hydrogens (tertiary/aromatic N) is 2. The molecular weight excluding hydrogens is 368 g/mol. The van der Waals surface area contributed by atoms with Crippen LogP contribution in [0.4, 0.5) is 0 Å². The highest BCUT2D eigenvalue weighted by Gasteiger charge is 2.21. The standard InChI is InChI=1S/C19H26N2O3S2/c1-4-21(5-2)15-16-25(22,18-9-7-6-8-10-18)20-26(23,24)19-13-11-17(3)12-14-19/h6-14H,4-5,15-16H2,1-3H3. The van der Waals surface area contributed by atoms with Crippen molar-refractivity contribution in [2.24, 2.45) is 3.77 Å². The lowest BCUT2D eigenvalue weighted by Gasteiger charge is -2.19. The molecule has 0 aliphatic carbocycles. The molecule has 26 heavy (non-hydrogen) atoms. The largest absolute Gasteiger partial charge is 0.303 e. The minimum Gasteiger partial charge on any atom is -0.303 e. The molecule has 1 unspecified atom stereocenters. The van der Waals surface area contributed by atoms with Gasteiger partial charge in [0.2, 0.25) is 0 Å². The maximum atomic E-state index is 13.6. The number of benzene rings is 2. The van der Waals surface area contributed by atoms with Crippen LogP contribution in [0.5, 0.6) is 0 Å². The quantitative estimate of drug-likeness (QED) is 0.687. The van der Waals surface area contributed by atoms with Crippen LogP contribution in [0.1, 0.15) is 19.4 Å². The van der Waals surface area contributed by atoms with Crippen LogP contribution in [0.25, 0.3) is 0 Å². The van der Waals surface area contributed by atoms with Gasteiger partial charge >= 0.3 is 0 Å². The predicted molar refractivity (Wildman–Crippen MR) is 106 cm³/mol. The summed E-state index contributed by atoms with van der Waals surface area (Å²) in [6.45, 7) is 8.07. The summed E-state index contributed by atoms with van der Waals surface area (Å²) in [4.78, 5) is 2.62. The Kier molecular flexibility index (Phi) is 6.97. The van der Waals surface area contributed by atoms with Crippen LogP contribution in [-0.4, -0.2) is 42.9 Å². The third-order valence-electron chi connectivity index (χ3n) is 4.23. The van der Waals surface area contributed by atoms with Crippen molar-refractivity contribution in [2.45, 2.75) is 30.6 Å². The Bertz CT molecular complexity index is 927. The van der Waals surface area contributed by atoms with Crippen molar-refractivity contribution in [3.63, 3.8) is 0 Å². The Labute approximate surface area is 157 Å². The van der Waals surface area contributed by atoms with E-state index in [9.17, 15) is 12.6 Å². The fourth-order valence-corrected chi connectivity index (χ4v) is 6.59. The summed E-state index contributed by atoms with van der Waals surface area (Å²) < 4.78 is 43.0. The normalized spacial score (nSPS) is 14.2. The minimum absolute atomic E-state index is 0.0644. The summed E-state index contributed by atoms with van der Waals surface area (Å²) in [5, 5.41) is 0. The summed E-state index contributed by atoms with van der Waals surface area (Å²) in [6.07, 6.45) is 0. The SMILES string of the molecule is CCN(CC)CCS(=O)(=NS(=O)(=O)c1ccc(C)cc1)c1ccccc1. The summed E-state index contributed by atoms with van der Waals surface area (Å²) in [5.41, 5.74) is 0.953. The Balaban J connectivity index is 2.51. The van der Waals surface area contributed by atoms with Crippen molar-refractivity contribution < 1.29 is 12.6 Å². The van der Waals surface area contributed by atoms with E-state index in [4.69, 9.17) is 0 Å². The minimum atomic E-state index is -4.01. The van der Waals surface area contributed by atoms with E-state index in [0.717, 1.165) is 18.7 Å². The molecule has 0 amide bonds. The molecule has 0 bridgehead atoms. The van der Waals surface area contributed by atoms with E-state index in [1.54, 1.807) is 36.4 Å². The van der Waals surface area contributed by atoms with Gasteiger partial charge in [-0.25, -0.2) is 4.21 Å². The van der Waals surface area contributed by atoms with Gasteiger partial charge in [0, 0.05) is 11.4 Å². The molecule has 0 spiro atoms. The Morgan fingerprint density at radius 2 is 1.42 bits per heavy atom. The summed E-state index contributed by atoms with van der Waals surface area (Å²) in [7, 11) is -7.12. The third kappa shape index (κ3) is 5.16. The fraction of sp³-hybridized carbons (Fsp3) is 0.368. The van der Waals surface area contributed by atoms with Gasteiger partial charge in [-0.3, -0.25) is 0 Å². The lowest BCUT2D eigenvalue weighted by Crippen LogP contribution is -2.29. The highest BCUT2D eigenvalue weighted by atomic mass is 32.3. The summed E-state index contributed by atoms with van der Waals surface area (Å²) >= 11 is 0. The van der Waals surface area contributed by atoms with E-state index in [2.05, 4.69) is 8.67 Å². The molecule has 2 aromatic carbocycles. The molecular formula is C19H26N2O3S2. The molecule has 0 saturated heterocycles. The second-order valence-corrected chi connectivity index (χ2v) is 10.2. The first-order valence-corrected chi connectivity index (χ1v) is 11.8. The van der Waals surface area contributed by atoms with Crippen LogP contribution in [0, 0.1) is 6.92 Å². The summed E-state index contributed by atoms with van der Waals surface area (Å²) in [6, 6.07) is 15.1. The van der Waals surface area contributed by atoms with E-state index >= 15 is 0 Å². The van der Waals surface area contributed by atoms with Crippen molar-refractivity contribution in [3.05, 3.63) is 60.2 Å².